The number of hydrazone groups is 1. The van der Waals surface area contributed by atoms with Gasteiger partial charge in [-0.05, 0) is 42.1 Å². The molecule has 6 nitrogen and oxygen atoms in total. The van der Waals surface area contributed by atoms with Crippen LogP contribution in [0.4, 0.5) is 0 Å². The molecule has 0 atom stereocenters. The van der Waals surface area contributed by atoms with E-state index in [1.54, 1.807) is 24.7 Å². The van der Waals surface area contributed by atoms with Gasteiger partial charge in [0.15, 0.2) is 11.5 Å². The van der Waals surface area contributed by atoms with Gasteiger partial charge in [-0.2, -0.15) is 5.10 Å². The van der Waals surface area contributed by atoms with Crippen LogP contribution >= 0.6 is 22.7 Å². The van der Waals surface area contributed by atoms with Crippen LogP contribution in [0.1, 0.15) is 21.1 Å². The molecule has 0 aliphatic heterocycles. The molecule has 2 aromatic heterocycles. The van der Waals surface area contributed by atoms with Gasteiger partial charge in [0.25, 0.3) is 0 Å². The van der Waals surface area contributed by atoms with E-state index in [0.717, 1.165) is 21.1 Å². The Kier molecular flexibility index (Phi) is 6.56. The fourth-order valence-electron chi connectivity index (χ4n) is 2.30. The molecule has 3 rings (SSSR count). The van der Waals surface area contributed by atoms with Crippen molar-refractivity contribution < 1.29 is 14.3 Å². The average Bonchev–Trinajstić information content (AvgIpc) is 3.32. The summed E-state index contributed by atoms with van der Waals surface area (Å²) in [6.07, 6.45) is 1.77. The van der Waals surface area contributed by atoms with Gasteiger partial charge < -0.3 is 9.47 Å². The summed E-state index contributed by atoms with van der Waals surface area (Å²) in [6.45, 7) is 2.40. The van der Waals surface area contributed by atoms with Gasteiger partial charge in [0.2, 0.25) is 5.91 Å². The molecule has 1 aromatic carbocycles. The van der Waals surface area contributed by atoms with Gasteiger partial charge in [0, 0.05) is 10.3 Å². The molecule has 2 heterocycles. The number of thiophene rings is 1. The molecular weight excluding hydrogens is 382 g/mol. The number of amides is 1. The molecule has 0 bridgehead atoms. The van der Waals surface area contributed by atoms with Gasteiger partial charge in [-0.25, -0.2) is 10.4 Å². The second kappa shape index (κ2) is 9.29. The van der Waals surface area contributed by atoms with E-state index >= 15 is 0 Å². The highest BCUT2D eigenvalue weighted by molar-refractivity contribution is 7.10. The van der Waals surface area contributed by atoms with Crippen LogP contribution in [0.5, 0.6) is 11.5 Å². The van der Waals surface area contributed by atoms with Crippen molar-refractivity contribution >= 4 is 34.8 Å². The number of rotatable bonds is 8. The monoisotopic (exact) mass is 401 g/mol. The molecule has 0 unspecified atom stereocenters. The molecule has 27 heavy (non-hydrogen) atoms. The molecule has 0 aliphatic rings. The van der Waals surface area contributed by atoms with Crippen LogP contribution in [0.3, 0.4) is 0 Å². The molecular formula is C19H19N3O3S2. The zero-order valence-corrected chi connectivity index (χ0v) is 16.6. The fraction of sp³-hybridized carbons (Fsp3) is 0.211. The quantitative estimate of drug-likeness (QED) is 0.460. The van der Waals surface area contributed by atoms with Crippen molar-refractivity contribution in [1.29, 1.82) is 0 Å². The first-order valence-corrected chi connectivity index (χ1v) is 9.96. The van der Waals surface area contributed by atoms with Crippen molar-refractivity contribution in [3.63, 3.8) is 0 Å². The van der Waals surface area contributed by atoms with Crippen LogP contribution in [0.15, 0.2) is 46.2 Å². The summed E-state index contributed by atoms with van der Waals surface area (Å²) in [5.41, 5.74) is 4.05. The number of nitrogens with zero attached hydrogens (tertiary/aromatic N) is 2. The van der Waals surface area contributed by atoms with Crippen LogP contribution in [0, 0.1) is 6.92 Å². The molecule has 0 fully saturated rings. The fourth-order valence-corrected chi connectivity index (χ4v) is 3.53. The molecule has 0 radical (unpaired) electrons. The Labute approximate surface area is 165 Å². The Morgan fingerprint density at radius 1 is 1.30 bits per heavy atom. The van der Waals surface area contributed by atoms with E-state index in [2.05, 4.69) is 15.5 Å². The van der Waals surface area contributed by atoms with Gasteiger partial charge >= 0.3 is 0 Å². The number of hydrogen-bond acceptors (Lipinski definition) is 7. The van der Waals surface area contributed by atoms with Crippen LogP contribution in [-0.2, 0) is 17.8 Å². The minimum Gasteiger partial charge on any atom is -0.493 e. The maximum Gasteiger partial charge on any atom is 0.246 e. The molecule has 0 spiro atoms. The molecule has 1 N–H and O–H groups in total. The number of thiazole rings is 1. The lowest BCUT2D eigenvalue weighted by Gasteiger charge is -2.10. The van der Waals surface area contributed by atoms with Crippen molar-refractivity contribution in [3.05, 3.63) is 62.2 Å². The molecule has 140 valence electrons. The maximum absolute atomic E-state index is 11.9. The van der Waals surface area contributed by atoms with E-state index in [1.165, 1.54) is 11.3 Å². The number of hydrogen-bond donors (Lipinski definition) is 1. The first kappa shape index (κ1) is 19.1. The molecule has 0 aliphatic carbocycles. The third kappa shape index (κ3) is 5.63. The Bertz CT molecular complexity index is 920. The van der Waals surface area contributed by atoms with Crippen LogP contribution in [-0.4, -0.2) is 24.2 Å². The van der Waals surface area contributed by atoms with Crippen molar-refractivity contribution in [2.24, 2.45) is 5.10 Å². The lowest BCUT2D eigenvalue weighted by atomic mass is 10.2. The van der Waals surface area contributed by atoms with E-state index in [9.17, 15) is 4.79 Å². The van der Waals surface area contributed by atoms with Crippen LogP contribution in [0.25, 0.3) is 0 Å². The number of nitrogens with one attached hydrogen (secondary N) is 1. The summed E-state index contributed by atoms with van der Waals surface area (Å²) < 4.78 is 11.2. The Hall–Kier alpha value is -2.71. The standard InChI is InChI=1S/C19H19N3O3S2/c1-13-21-15(12-27-13)9-19(23)22-20-10-14-5-6-17(18(8-14)24-2)25-11-16-4-3-7-26-16/h3-8,10,12H,9,11H2,1-2H3,(H,22,23)/b20-10-. The zero-order chi connectivity index (χ0) is 19.1. The summed E-state index contributed by atoms with van der Waals surface area (Å²) in [5.74, 6) is 1.06. The van der Waals surface area contributed by atoms with Crippen LogP contribution < -0.4 is 14.9 Å². The largest absolute Gasteiger partial charge is 0.493 e. The van der Waals surface area contributed by atoms with Gasteiger partial charge in [-0.1, -0.05) is 6.07 Å². The normalized spacial score (nSPS) is 10.9. The third-order valence-electron chi connectivity index (χ3n) is 3.55. The summed E-state index contributed by atoms with van der Waals surface area (Å²) in [4.78, 5) is 17.3. The predicted molar refractivity (Wildman–Crippen MR) is 108 cm³/mol. The van der Waals surface area contributed by atoms with Crippen molar-refractivity contribution in [2.75, 3.05) is 7.11 Å². The molecule has 8 heteroatoms. The number of benzene rings is 1. The minimum atomic E-state index is -0.209. The smallest absolute Gasteiger partial charge is 0.246 e. The third-order valence-corrected chi connectivity index (χ3v) is 5.22. The van der Waals surface area contributed by atoms with Gasteiger partial charge in [0.05, 0.1) is 30.4 Å². The number of methoxy groups -OCH3 is 1. The number of aromatic nitrogens is 1. The average molecular weight is 402 g/mol. The van der Waals surface area contributed by atoms with E-state index in [4.69, 9.17) is 9.47 Å². The van der Waals surface area contributed by atoms with E-state index in [-0.39, 0.29) is 12.3 Å². The van der Waals surface area contributed by atoms with E-state index in [0.29, 0.717) is 18.1 Å². The highest BCUT2D eigenvalue weighted by atomic mass is 32.1. The number of carbonyl (C=O) groups excluding carboxylic acids is 1. The minimum absolute atomic E-state index is 0.209. The van der Waals surface area contributed by atoms with Gasteiger partial charge in [-0.3, -0.25) is 4.79 Å². The second-order valence-electron chi connectivity index (χ2n) is 5.61. The van der Waals surface area contributed by atoms with Crippen molar-refractivity contribution in [3.8, 4) is 11.5 Å². The molecule has 1 amide bonds. The topological polar surface area (TPSA) is 72.8 Å². The first-order valence-electron chi connectivity index (χ1n) is 8.20. The van der Waals surface area contributed by atoms with Crippen LogP contribution in [0.2, 0.25) is 0 Å². The number of carbonyl (C=O) groups is 1. The van der Waals surface area contributed by atoms with Gasteiger partial charge in [-0.15, -0.1) is 22.7 Å². The number of aryl methyl sites for hydroxylation is 1. The Morgan fingerprint density at radius 2 is 2.19 bits per heavy atom. The summed E-state index contributed by atoms with van der Waals surface area (Å²) >= 11 is 3.16. The maximum atomic E-state index is 11.9. The Morgan fingerprint density at radius 3 is 2.89 bits per heavy atom. The summed E-state index contributed by atoms with van der Waals surface area (Å²) in [5, 5.41) is 8.82. The lowest BCUT2D eigenvalue weighted by Crippen LogP contribution is -2.19. The highest BCUT2D eigenvalue weighted by Gasteiger charge is 2.07. The second-order valence-corrected chi connectivity index (χ2v) is 7.70. The zero-order valence-electron chi connectivity index (χ0n) is 15.0. The van der Waals surface area contributed by atoms with E-state index in [1.807, 2.05) is 48.0 Å². The first-order chi connectivity index (χ1) is 13.1. The summed E-state index contributed by atoms with van der Waals surface area (Å²) in [6, 6.07) is 9.50. The molecule has 0 saturated heterocycles. The predicted octanol–water partition coefficient (Wildman–Crippen LogP) is 3.79. The van der Waals surface area contributed by atoms with Gasteiger partial charge in [0.1, 0.15) is 6.61 Å². The highest BCUT2D eigenvalue weighted by Crippen LogP contribution is 2.28. The van der Waals surface area contributed by atoms with E-state index < -0.39 is 0 Å². The number of ether oxygens (including phenoxy) is 2. The van der Waals surface area contributed by atoms with Crippen molar-refractivity contribution in [2.45, 2.75) is 20.0 Å². The Balaban J connectivity index is 1.56. The SMILES string of the molecule is COc1cc(/C=N\NC(=O)Cc2csc(C)n2)ccc1OCc1cccs1. The lowest BCUT2D eigenvalue weighted by molar-refractivity contribution is -0.120. The molecule has 3 aromatic rings. The summed E-state index contributed by atoms with van der Waals surface area (Å²) in [7, 11) is 1.59. The van der Waals surface area contributed by atoms with Crippen molar-refractivity contribution in [1.82, 2.24) is 10.4 Å². The molecule has 0 saturated carbocycles.